The number of nitrogens with zero attached hydrogens (tertiary/aromatic N) is 2. The molecule has 0 aliphatic carbocycles. The lowest BCUT2D eigenvalue weighted by Crippen LogP contribution is -2.37. The zero-order chi connectivity index (χ0) is 22.7. The van der Waals surface area contributed by atoms with E-state index < -0.39 is 35.4 Å². The number of aromatic nitrogens is 2. The molecule has 11 heteroatoms. The Bertz CT molecular complexity index is 1220. The molecule has 0 radical (unpaired) electrons. The van der Waals surface area contributed by atoms with Gasteiger partial charge in [-0.2, -0.15) is 4.98 Å². The Morgan fingerprint density at radius 2 is 1.61 bits per heavy atom. The van der Waals surface area contributed by atoms with Gasteiger partial charge in [0.1, 0.15) is 12.4 Å². The van der Waals surface area contributed by atoms with Crippen LogP contribution in [0.4, 0.5) is 0 Å². The Morgan fingerprint density at radius 1 is 1.00 bits per heavy atom. The normalized spacial score (nSPS) is 10.7. The number of nitrogens with one attached hydrogen (secondary N) is 1. The van der Waals surface area contributed by atoms with Gasteiger partial charge in [0.25, 0.3) is 11.5 Å². The number of hydrogen-bond acceptors (Lipinski definition) is 5. The number of rotatable bonds is 6. The van der Waals surface area contributed by atoms with Crippen molar-refractivity contribution >= 4 is 46.7 Å². The third-order valence-electron chi connectivity index (χ3n) is 4.25. The first kappa shape index (κ1) is 22.6. The van der Waals surface area contributed by atoms with Gasteiger partial charge in [-0.15, -0.1) is 0 Å². The predicted octanol–water partition coefficient (Wildman–Crippen LogP) is 3.44. The zero-order valence-corrected chi connectivity index (χ0v) is 17.9. The van der Waals surface area contributed by atoms with E-state index in [-0.39, 0.29) is 28.0 Å². The number of hydrogen-bond donors (Lipinski definition) is 3. The van der Waals surface area contributed by atoms with Gasteiger partial charge in [0, 0.05) is 5.02 Å². The number of carboxylic acids is 1. The second-order valence-corrected chi connectivity index (χ2v) is 7.51. The topological polar surface area (TPSA) is 122 Å². The van der Waals surface area contributed by atoms with E-state index in [4.69, 9.17) is 39.9 Å². The molecule has 160 valence electrons. The lowest BCUT2D eigenvalue weighted by atomic mass is 10.1. The Morgan fingerprint density at radius 3 is 2.23 bits per heavy atom. The van der Waals surface area contributed by atoms with Gasteiger partial charge in [-0.1, -0.05) is 59.1 Å². The molecular formula is C20H14Cl3N3O5. The van der Waals surface area contributed by atoms with Crippen LogP contribution in [0.5, 0.6) is 5.88 Å². The first-order chi connectivity index (χ1) is 14.7. The van der Waals surface area contributed by atoms with Crippen LogP contribution < -0.4 is 10.9 Å². The van der Waals surface area contributed by atoms with Crippen LogP contribution in [0, 0.1) is 0 Å². The lowest BCUT2D eigenvalue weighted by molar-refractivity contribution is -0.135. The fraction of sp³-hybridized carbons (Fsp3) is 0.100. The Balaban J connectivity index is 2.26. The number of amides is 1. The minimum atomic E-state index is -1.32. The molecule has 31 heavy (non-hydrogen) atoms. The monoisotopic (exact) mass is 481 g/mol. The third-order valence-corrected chi connectivity index (χ3v) is 5.25. The van der Waals surface area contributed by atoms with Crippen LogP contribution in [0.25, 0.3) is 11.4 Å². The summed E-state index contributed by atoms with van der Waals surface area (Å²) in [4.78, 5) is 40.4. The highest BCUT2D eigenvalue weighted by Crippen LogP contribution is 2.34. The predicted molar refractivity (Wildman–Crippen MR) is 116 cm³/mol. The van der Waals surface area contributed by atoms with E-state index in [1.807, 2.05) is 5.32 Å². The van der Waals surface area contributed by atoms with Crippen molar-refractivity contribution in [1.29, 1.82) is 0 Å². The van der Waals surface area contributed by atoms with Crippen molar-refractivity contribution < 1.29 is 19.8 Å². The van der Waals surface area contributed by atoms with Gasteiger partial charge in [0.2, 0.25) is 5.88 Å². The molecular weight excluding hydrogens is 469 g/mol. The smallest absolute Gasteiger partial charge is 0.322 e. The second-order valence-electron chi connectivity index (χ2n) is 6.29. The molecule has 0 atom stereocenters. The maximum Gasteiger partial charge on any atom is 0.322 e. The molecule has 0 bridgehead atoms. The van der Waals surface area contributed by atoms with E-state index in [2.05, 4.69) is 4.98 Å². The summed E-state index contributed by atoms with van der Waals surface area (Å²) in [6.07, 6.45) is 0. The quantitative estimate of drug-likeness (QED) is 0.495. The second kappa shape index (κ2) is 9.38. The summed E-state index contributed by atoms with van der Waals surface area (Å²) in [5.74, 6) is -3.40. The summed E-state index contributed by atoms with van der Waals surface area (Å²) < 4.78 is 1.09. The number of carboxylic acid groups (broad SMARTS) is 1. The van der Waals surface area contributed by atoms with Crippen LogP contribution in [-0.2, 0) is 11.3 Å². The zero-order valence-electron chi connectivity index (χ0n) is 15.6. The number of aromatic hydroxyl groups is 1. The van der Waals surface area contributed by atoms with Crippen molar-refractivity contribution in [3.63, 3.8) is 0 Å². The molecule has 3 N–H and O–H groups in total. The van der Waals surface area contributed by atoms with Crippen LogP contribution in [0.3, 0.4) is 0 Å². The Hall–Kier alpha value is -3.07. The maximum atomic E-state index is 13.2. The van der Waals surface area contributed by atoms with Gasteiger partial charge in [-0.05, 0) is 23.8 Å². The molecule has 0 aliphatic heterocycles. The van der Waals surface area contributed by atoms with Crippen LogP contribution in [0.2, 0.25) is 15.1 Å². The van der Waals surface area contributed by atoms with Crippen LogP contribution in [0.15, 0.2) is 47.3 Å². The van der Waals surface area contributed by atoms with E-state index >= 15 is 0 Å². The van der Waals surface area contributed by atoms with Crippen molar-refractivity contribution in [2.75, 3.05) is 6.54 Å². The highest BCUT2D eigenvalue weighted by molar-refractivity contribution is 6.39. The molecule has 2 aromatic carbocycles. The highest BCUT2D eigenvalue weighted by Gasteiger charge is 2.25. The molecule has 8 nitrogen and oxygen atoms in total. The van der Waals surface area contributed by atoms with E-state index in [1.54, 1.807) is 30.3 Å². The summed E-state index contributed by atoms with van der Waals surface area (Å²) >= 11 is 18.8. The average molecular weight is 483 g/mol. The van der Waals surface area contributed by atoms with Crippen LogP contribution >= 0.6 is 34.8 Å². The molecule has 0 saturated heterocycles. The largest absolute Gasteiger partial charge is 0.493 e. The van der Waals surface area contributed by atoms with E-state index in [9.17, 15) is 19.5 Å². The summed E-state index contributed by atoms with van der Waals surface area (Å²) in [6.45, 7) is -0.873. The molecule has 0 aliphatic rings. The van der Waals surface area contributed by atoms with Crippen LogP contribution in [0.1, 0.15) is 15.9 Å². The number of carbonyl (C=O) groups excluding carboxylic acids is 1. The molecule has 0 unspecified atom stereocenters. The molecule has 1 aromatic heterocycles. The van der Waals surface area contributed by atoms with Gasteiger partial charge in [0.05, 0.1) is 22.2 Å². The average Bonchev–Trinajstić information content (AvgIpc) is 2.70. The minimum Gasteiger partial charge on any atom is -0.493 e. The molecule has 0 saturated carbocycles. The lowest BCUT2D eigenvalue weighted by Gasteiger charge is -2.17. The Kier molecular flexibility index (Phi) is 6.84. The highest BCUT2D eigenvalue weighted by atomic mass is 35.5. The number of aliphatic carboxylic acids is 1. The van der Waals surface area contributed by atoms with Crippen LogP contribution in [-0.4, -0.2) is 38.2 Å². The molecule has 3 aromatic rings. The number of halogens is 3. The fourth-order valence-corrected chi connectivity index (χ4v) is 3.59. The van der Waals surface area contributed by atoms with E-state index in [1.165, 1.54) is 12.1 Å². The first-order valence-corrected chi connectivity index (χ1v) is 9.85. The first-order valence-electron chi connectivity index (χ1n) is 8.72. The van der Waals surface area contributed by atoms with Gasteiger partial charge < -0.3 is 15.5 Å². The Labute approximate surface area is 190 Å². The molecule has 1 heterocycles. The summed E-state index contributed by atoms with van der Waals surface area (Å²) in [5, 5.41) is 21.8. The molecule has 3 rings (SSSR count). The number of carbonyl (C=O) groups is 2. The molecule has 0 spiro atoms. The minimum absolute atomic E-state index is 0.0900. The van der Waals surface area contributed by atoms with Crippen molar-refractivity contribution in [1.82, 2.24) is 14.9 Å². The van der Waals surface area contributed by atoms with Crippen molar-refractivity contribution in [2.45, 2.75) is 6.54 Å². The molecule has 0 fully saturated rings. The van der Waals surface area contributed by atoms with E-state index in [0.717, 1.165) is 4.57 Å². The summed E-state index contributed by atoms with van der Waals surface area (Å²) in [5.41, 5.74) is -0.954. The van der Waals surface area contributed by atoms with Gasteiger partial charge in [-0.3, -0.25) is 19.0 Å². The number of benzene rings is 2. The standard InChI is InChI=1S/C20H14Cl3N3O5/c21-11-5-2-1-4-10(11)9-26-17(15-12(22)6-3-7-13(15)23)25-19(30)16(20(26)31)18(29)24-8-14(27)28/h1-7,30H,8-9H2,(H,24,29)(H,27,28). The summed E-state index contributed by atoms with van der Waals surface area (Å²) in [6, 6.07) is 11.4. The van der Waals surface area contributed by atoms with Crippen molar-refractivity contribution in [3.05, 3.63) is 79.0 Å². The van der Waals surface area contributed by atoms with Gasteiger partial charge in [-0.25, -0.2) is 0 Å². The van der Waals surface area contributed by atoms with Crippen molar-refractivity contribution in [2.24, 2.45) is 0 Å². The molecule has 1 amide bonds. The van der Waals surface area contributed by atoms with Gasteiger partial charge >= 0.3 is 5.97 Å². The van der Waals surface area contributed by atoms with E-state index in [0.29, 0.717) is 10.6 Å². The fourth-order valence-electron chi connectivity index (χ4n) is 2.83. The SMILES string of the molecule is O=C(O)CNC(=O)c1c(O)nc(-c2c(Cl)cccc2Cl)n(Cc2ccccc2Cl)c1=O. The third kappa shape index (κ3) is 4.82. The van der Waals surface area contributed by atoms with Gasteiger partial charge in [0.15, 0.2) is 5.56 Å². The summed E-state index contributed by atoms with van der Waals surface area (Å²) in [7, 11) is 0. The maximum absolute atomic E-state index is 13.2. The van der Waals surface area contributed by atoms with Crippen molar-refractivity contribution in [3.8, 4) is 17.3 Å².